The van der Waals surface area contributed by atoms with Gasteiger partial charge in [-0.15, -0.1) is 0 Å². The molecule has 0 aliphatic carbocycles. The van der Waals surface area contributed by atoms with Crippen LogP contribution in [-0.4, -0.2) is 14.3 Å². The third-order valence-electron chi connectivity index (χ3n) is 4.18. The van der Waals surface area contributed by atoms with Gasteiger partial charge in [0.15, 0.2) is 0 Å². The Morgan fingerprint density at radius 3 is 2.29 bits per heavy atom. The Bertz CT molecular complexity index is 1130. The first-order valence-corrected chi connectivity index (χ1v) is 10.4. The lowest BCUT2D eigenvalue weighted by Gasteiger charge is -2.11. The quantitative estimate of drug-likeness (QED) is 0.616. The minimum absolute atomic E-state index is 0.0668. The molecule has 0 atom stereocenters. The maximum absolute atomic E-state index is 12.5. The van der Waals surface area contributed by atoms with Gasteiger partial charge in [0.1, 0.15) is 0 Å². The van der Waals surface area contributed by atoms with Crippen LogP contribution in [0.5, 0.6) is 0 Å². The van der Waals surface area contributed by atoms with E-state index in [0.717, 1.165) is 11.1 Å². The van der Waals surface area contributed by atoms with E-state index in [1.807, 2.05) is 32.0 Å². The van der Waals surface area contributed by atoms with E-state index in [0.29, 0.717) is 22.0 Å². The fraction of sp³-hybridized carbons (Fsp3) is 0.0952. The Kier molecular flexibility index (Phi) is 5.72. The van der Waals surface area contributed by atoms with Crippen molar-refractivity contribution in [2.45, 2.75) is 18.7 Å². The van der Waals surface area contributed by atoms with E-state index in [1.165, 1.54) is 12.1 Å². The fourth-order valence-electron chi connectivity index (χ4n) is 2.64. The molecule has 3 aromatic rings. The molecule has 0 aromatic heterocycles. The topological polar surface area (TPSA) is 75.3 Å². The Hall–Kier alpha value is -2.83. The zero-order valence-corrected chi connectivity index (χ0v) is 16.9. The van der Waals surface area contributed by atoms with E-state index in [1.54, 1.807) is 36.4 Å². The van der Waals surface area contributed by atoms with Gasteiger partial charge in [0.2, 0.25) is 0 Å². The average molecular weight is 415 g/mol. The van der Waals surface area contributed by atoms with Crippen molar-refractivity contribution in [2.75, 3.05) is 10.0 Å². The Balaban J connectivity index is 1.77. The van der Waals surface area contributed by atoms with Gasteiger partial charge in [-0.3, -0.25) is 9.52 Å². The number of halogens is 1. The predicted octanol–water partition coefficient (Wildman–Crippen LogP) is 5.01. The van der Waals surface area contributed by atoms with Gasteiger partial charge in [-0.25, -0.2) is 8.42 Å². The third-order valence-corrected chi connectivity index (χ3v) is 5.89. The molecule has 2 N–H and O–H groups in total. The molecule has 144 valence electrons. The standard InChI is InChI=1S/C21H19ClN2O3S/c1-14-7-8-15(2)18(13-14)21(25)23-16-9-11-17(12-10-16)28(26,27)24-20-6-4-3-5-19(20)22/h3-13,24H,1-2H3,(H,23,25). The lowest BCUT2D eigenvalue weighted by Crippen LogP contribution is -2.15. The molecule has 0 saturated heterocycles. The van der Waals surface area contributed by atoms with Gasteiger partial charge in [-0.1, -0.05) is 41.4 Å². The molecule has 5 nitrogen and oxygen atoms in total. The molecular formula is C21H19ClN2O3S. The number of sulfonamides is 1. The van der Waals surface area contributed by atoms with Crippen molar-refractivity contribution in [3.8, 4) is 0 Å². The minimum atomic E-state index is -3.79. The van der Waals surface area contributed by atoms with Gasteiger partial charge in [0.05, 0.1) is 15.6 Å². The number of amides is 1. The molecule has 0 aliphatic rings. The van der Waals surface area contributed by atoms with Crippen LogP contribution in [-0.2, 0) is 10.0 Å². The highest BCUT2D eigenvalue weighted by Crippen LogP contribution is 2.24. The van der Waals surface area contributed by atoms with Gasteiger partial charge >= 0.3 is 0 Å². The number of benzene rings is 3. The van der Waals surface area contributed by atoms with Crippen molar-refractivity contribution in [2.24, 2.45) is 0 Å². The molecule has 3 aromatic carbocycles. The summed E-state index contributed by atoms with van der Waals surface area (Å²) in [6.45, 7) is 3.78. The molecule has 0 unspecified atom stereocenters. The number of carbonyl (C=O) groups excluding carboxylic acids is 1. The molecule has 1 amide bonds. The SMILES string of the molecule is Cc1ccc(C)c(C(=O)Nc2ccc(S(=O)(=O)Nc3ccccc3Cl)cc2)c1. The zero-order chi connectivity index (χ0) is 20.3. The van der Waals surface area contributed by atoms with Crippen LogP contribution in [0.25, 0.3) is 0 Å². The second kappa shape index (κ2) is 8.04. The smallest absolute Gasteiger partial charge is 0.261 e. The highest BCUT2D eigenvalue weighted by Gasteiger charge is 2.16. The first kappa shape index (κ1) is 19.9. The third kappa shape index (κ3) is 4.52. The molecule has 0 bridgehead atoms. The van der Waals surface area contributed by atoms with Gasteiger partial charge in [-0.05, 0) is 61.9 Å². The molecule has 0 aliphatic heterocycles. The first-order valence-electron chi connectivity index (χ1n) is 8.52. The van der Waals surface area contributed by atoms with Crippen LogP contribution in [0.15, 0.2) is 71.6 Å². The van der Waals surface area contributed by atoms with Crippen LogP contribution in [0.1, 0.15) is 21.5 Å². The van der Waals surface area contributed by atoms with E-state index in [4.69, 9.17) is 11.6 Å². The lowest BCUT2D eigenvalue weighted by atomic mass is 10.1. The van der Waals surface area contributed by atoms with Crippen LogP contribution in [0, 0.1) is 13.8 Å². The monoisotopic (exact) mass is 414 g/mol. The normalized spacial score (nSPS) is 11.1. The van der Waals surface area contributed by atoms with E-state index in [2.05, 4.69) is 10.0 Å². The largest absolute Gasteiger partial charge is 0.322 e. The van der Waals surface area contributed by atoms with E-state index in [9.17, 15) is 13.2 Å². The molecule has 7 heteroatoms. The van der Waals surface area contributed by atoms with Crippen molar-refractivity contribution in [1.29, 1.82) is 0 Å². The predicted molar refractivity (Wildman–Crippen MR) is 113 cm³/mol. The summed E-state index contributed by atoms with van der Waals surface area (Å²) in [5, 5.41) is 3.10. The molecule has 0 radical (unpaired) electrons. The summed E-state index contributed by atoms with van der Waals surface area (Å²) in [5.74, 6) is -0.244. The number of nitrogens with one attached hydrogen (secondary N) is 2. The summed E-state index contributed by atoms with van der Waals surface area (Å²) in [6.07, 6.45) is 0. The van der Waals surface area contributed by atoms with Crippen molar-refractivity contribution in [3.05, 3.63) is 88.4 Å². The Morgan fingerprint density at radius 1 is 0.929 bits per heavy atom. The summed E-state index contributed by atoms with van der Waals surface area (Å²) in [7, 11) is -3.79. The van der Waals surface area contributed by atoms with E-state index >= 15 is 0 Å². The second-order valence-electron chi connectivity index (χ2n) is 6.38. The molecule has 0 fully saturated rings. The number of hydrogen-bond acceptors (Lipinski definition) is 3. The highest BCUT2D eigenvalue weighted by molar-refractivity contribution is 7.92. The summed E-state index contributed by atoms with van der Waals surface area (Å²) in [4.78, 5) is 12.6. The van der Waals surface area contributed by atoms with Crippen LogP contribution >= 0.6 is 11.6 Å². The number of hydrogen-bond donors (Lipinski definition) is 2. The van der Waals surface area contributed by atoms with Crippen LogP contribution in [0.2, 0.25) is 5.02 Å². The highest BCUT2D eigenvalue weighted by atomic mass is 35.5. The number of rotatable bonds is 5. The van der Waals surface area contributed by atoms with Crippen molar-refractivity contribution >= 4 is 38.9 Å². The summed E-state index contributed by atoms with van der Waals surface area (Å²) >= 11 is 6.01. The summed E-state index contributed by atoms with van der Waals surface area (Å²) in [5.41, 5.74) is 3.24. The molecule has 28 heavy (non-hydrogen) atoms. The van der Waals surface area contributed by atoms with E-state index < -0.39 is 10.0 Å². The van der Waals surface area contributed by atoms with Crippen molar-refractivity contribution in [1.82, 2.24) is 0 Å². The lowest BCUT2D eigenvalue weighted by molar-refractivity contribution is 0.102. The van der Waals surface area contributed by atoms with Gasteiger partial charge in [0.25, 0.3) is 15.9 Å². The molecular weight excluding hydrogens is 396 g/mol. The summed E-state index contributed by atoms with van der Waals surface area (Å²) in [6, 6.07) is 18.2. The number of carbonyl (C=O) groups is 1. The molecule has 3 rings (SSSR count). The van der Waals surface area contributed by atoms with Crippen LogP contribution in [0.3, 0.4) is 0 Å². The van der Waals surface area contributed by atoms with Gasteiger partial charge in [-0.2, -0.15) is 0 Å². The van der Waals surface area contributed by atoms with Crippen LogP contribution in [0.4, 0.5) is 11.4 Å². The van der Waals surface area contributed by atoms with Gasteiger partial charge in [0, 0.05) is 11.3 Å². The molecule has 0 saturated carbocycles. The molecule has 0 spiro atoms. The van der Waals surface area contributed by atoms with Gasteiger partial charge < -0.3 is 5.32 Å². The van der Waals surface area contributed by atoms with Crippen molar-refractivity contribution in [3.63, 3.8) is 0 Å². The average Bonchev–Trinajstić information content (AvgIpc) is 2.66. The Morgan fingerprint density at radius 2 is 1.61 bits per heavy atom. The maximum atomic E-state index is 12.5. The van der Waals surface area contributed by atoms with Crippen molar-refractivity contribution < 1.29 is 13.2 Å². The number of aryl methyl sites for hydroxylation is 2. The first-order chi connectivity index (χ1) is 13.3. The second-order valence-corrected chi connectivity index (χ2v) is 8.47. The maximum Gasteiger partial charge on any atom is 0.261 e. The zero-order valence-electron chi connectivity index (χ0n) is 15.4. The minimum Gasteiger partial charge on any atom is -0.322 e. The molecule has 0 heterocycles. The fourth-order valence-corrected chi connectivity index (χ4v) is 3.96. The Labute approximate surface area is 169 Å². The van der Waals surface area contributed by atoms with E-state index in [-0.39, 0.29) is 10.8 Å². The number of para-hydroxylation sites is 1. The summed E-state index contributed by atoms with van der Waals surface area (Å²) < 4.78 is 27.5. The van der Waals surface area contributed by atoms with Crippen LogP contribution < -0.4 is 10.0 Å². The number of anilines is 2.